The molecule has 146 valence electrons. The molecular weight excluding hydrogens is 390 g/mol. The summed E-state index contributed by atoms with van der Waals surface area (Å²) in [6.45, 7) is 3.11. The lowest BCUT2D eigenvalue weighted by atomic mass is 10.1. The fourth-order valence-electron chi connectivity index (χ4n) is 2.72. The van der Waals surface area contributed by atoms with E-state index >= 15 is 0 Å². The van der Waals surface area contributed by atoms with Gasteiger partial charge in [0.25, 0.3) is 5.91 Å². The second-order valence-electron chi connectivity index (χ2n) is 6.42. The SMILES string of the molecule is Cc1nc(-c2ccc(CCNC(=O)CCCNC(=O)c3ccsc3)cc2)cs1. The second-order valence-corrected chi connectivity index (χ2v) is 8.26. The number of nitrogens with zero attached hydrogens (tertiary/aromatic N) is 1. The number of benzene rings is 1. The number of nitrogens with one attached hydrogen (secondary N) is 2. The summed E-state index contributed by atoms with van der Waals surface area (Å²) in [5.41, 5.74) is 3.97. The first kappa shape index (κ1) is 20.2. The van der Waals surface area contributed by atoms with Gasteiger partial charge in [-0.1, -0.05) is 24.3 Å². The topological polar surface area (TPSA) is 71.1 Å². The van der Waals surface area contributed by atoms with Crippen LogP contribution < -0.4 is 10.6 Å². The Morgan fingerprint density at radius 1 is 1.04 bits per heavy atom. The third kappa shape index (κ3) is 6.00. The second kappa shape index (κ2) is 10.1. The summed E-state index contributed by atoms with van der Waals surface area (Å²) in [7, 11) is 0. The van der Waals surface area contributed by atoms with Crippen molar-refractivity contribution in [2.45, 2.75) is 26.2 Å². The van der Waals surface area contributed by atoms with Crippen LogP contribution in [0.15, 0.2) is 46.5 Å². The van der Waals surface area contributed by atoms with Gasteiger partial charge >= 0.3 is 0 Å². The first-order valence-corrected chi connectivity index (χ1v) is 11.0. The number of carbonyl (C=O) groups excluding carboxylic acids is 2. The van der Waals surface area contributed by atoms with Crippen LogP contribution >= 0.6 is 22.7 Å². The Hall–Kier alpha value is -2.51. The van der Waals surface area contributed by atoms with E-state index in [4.69, 9.17) is 0 Å². The van der Waals surface area contributed by atoms with Gasteiger partial charge in [-0.05, 0) is 36.8 Å². The molecule has 3 rings (SSSR count). The van der Waals surface area contributed by atoms with E-state index in [0.29, 0.717) is 31.5 Å². The van der Waals surface area contributed by atoms with E-state index in [2.05, 4.69) is 45.3 Å². The van der Waals surface area contributed by atoms with E-state index in [-0.39, 0.29) is 11.8 Å². The average Bonchev–Trinajstić information content (AvgIpc) is 3.38. The van der Waals surface area contributed by atoms with Crippen LogP contribution in [-0.4, -0.2) is 29.9 Å². The predicted octanol–water partition coefficient (Wildman–Crippen LogP) is 4.05. The Balaban J connectivity index is 1.31. The van der Waals surface area contributed by atoms with Gasteiger partial charge in [0, 0.05) is 41.4 Å². The number of rotatable bonds is 9. The Morgan fingerprint density at radius 2 is 1.86 bits per heavy atom. The molecule has 0 bridgehead atoms. The smallest absolute Gasteiger partial charge is 0.252 e. The summed E-state index contributed by atoms with van der Waals surface area (Å²) in [6.07, 6.45) is 1.83. The first-order valence-electron chi connectivity index (χ1n) is 9.20. The summed E-state index contributed by atoms with van der Waals surface area (Å²) in [6, 6.07) is 10.1. The maximum atomic E-state index is 11.9. The van der Waals surface area contributed by atoms with E-state index in [0.717, 1.165) is 22.7 Å². The molecule has 0 spiro atoms. The van der Waals surface area contributed by atoms with Crippen molar-refractivity contribution in [2.75, 3.05) is 13.1 Å². The minimum Gasteiger partial charge on any atom is -0.356 e. The third-order valence-corrected chi connectivity index (χ3v) is 5.71. The van der Waals surface area contributed by atoms with E-state index < -0.39 is 0 Å². The molecule has 0 radical (unpaired) electrons. The van der Waals surface area contributed by atoms with Gasteiger partial charge in [0.2, 0.25) is 5.91 Å². The minimum atomic E-state index is -0.0853. The van der Waals surface area contributed by atoms with Crippen LogP contribution in [-0.2, 0) is 11.2 Å². The zero-order valence-corrected chi connectivity index (χ0v) is 17.4. The summed E-state index contributed by atoms with van der Waals surface area (Å²) in [5.74, 6) is -0.0720. The van der Waals surface area contributed by atoms with Gasteiger partial charge in [0.05, 0.1) is 10.7 Å². The Labute approximate surface area is 172 Å². The van der Waals surface area contributed by atoms with Crippen LogP contribution in [0.1, 0.15) is 33.8 Å². The molecule has 2 amide bonds. The number of thiophene rings is 1. The molecule has 0 saturated carbocycles. The van der Waals surface area contributed by atoms with Crippen LogP contribution in [0.3, 0.4) is 0 Å². The molecule has 1 aromatic carbocycles. The molecule has 0 saturated heterocycles. The van der Waals surface area contributed by atoms with Crippen LogP contribution in [0.25, 0.3) is 11.3 Å². The number of hydrogen-bond donors (Lipinski definition) is 2. The van der Waals surface area contributed by atoms with Crippen molar-refractivity contribution in [1.29, 1.82) is 0 Å². The molecule has 0 atom stereocenters. The molecule has 0 unspecified atom stereocenters. The number of aryl methyl sites for hydroxylation is 1. The van der Waals surface area contributed by atoms with Crippen molar-refractivity contribution >= 4 is 34.5 Å². The zero-order chi connectivity index (χ0) is 19.8. The molecule has 2 aromatic heterocycles. The monoisotopic (exact) mass is 413 g/mol. The lowest BCUT2D eigenvalue weighted by Crippen LogP contribution is -2.28. The Morgan fingerprint density at radius 3 is 2.54 bits per heavy atom. The highest BCUT2D eigenvalue weighted by Gasteiger charge is 2.06. The maximum Gasteiger partial charge on any atom is 0.252 e. The van der Waals surface area contributed by atoms with E-state index in [1.165, 1.54) is 16.9 Å². The van der Waals surface area contributed by atoms with Gasteiger partial charge < -0.3 is 10.6 Å². The molecule has 2 N–H and O–H groups in total. The molecule has 0 aliphatic rings. The first-order chi connectivity index (χ1) is 13.6. The van der Waals surface area contributed by atoms with Crippen molar-refractivity contribution in [1.82, 2.24) is 15.6 Å². The standard InChI is InChI=1S/C21H23N3O2S2/c1-15-24-19(14-28-15)17-6-4-16(5-7-17)8-11-22-20(25)3-2-10-23-21(26)18-9-12-27-13-18/h4-7,9,12-14H,2-3,8,10-11H2,1H3,(H,22,25)(H,23,26). The Bertz CT molecular complexity index is 902. The number of hydrogen-bond acceptors (Lipinski definition) is 5. The minimum absolute atomic E-state index is 0.0133. The number of carbonyl (C=O) groups is 2. The molecule has 7 heteroatoms. The highest BCUT2D eigenvalue weighted by Crippen LogP contribution is 2.21. The van der Waals surface area contributed by atoms with E-state index in [1.807, 2.05) is 17.7 Å². The molecule has 28 heavy (non-hydrogen) atoms. The molecule has 0 fully saturated rings. The molecule has 3 aromatic rings. The summed E-state index contributed by atoms with van der Waals surface area (Å²) in [4.78, 5) is 28.2. The van der Waals surface area contributed by atoms with E-state index in [1.54, 1.807) is 17.4 Å². The van der Waals surface area contributed by atoms with Gasteiger partial charge in [-0.25, -0.2) is 4.98 Å². The quantitative estimate of drug-likeness (QED) is 0.520. The lowest BCUT2D eigenvalue weighted by Gasteiger charge is -2.07. The van der Waals surface area contributed by atoms with Crippen LogP contribution in [0, 0.1) is 6.92 Å². The zero-order valence-electron chi connectivity index (χ0n) is 15.7. The summed E-state index contributed by atoms with van der Waals surface area (Å²) in [5, 5.41) is 12.6. The van der Waals surface area contributed by atoms with E-state index in [9.17, 15) is 9.59 Å². The van der Waals surface area contributed by atoms with Gasteiger partial charge in [-0.15, -0.1) is 11.3 Å². The molecular formula is C21H23N3O2S2. The third-order valence-electron chi connectivity index (χ3n) is 4.25. The molecule has 2 heterocycles. The van der Waals surface area contributed by atoms with Gasteiger partial charge in [0.15, 0.2) is 0 Å². The molecule has 0 aliphatic heterocycles. The van der Waals surface area contributed by atoms with Gasteiger partial charge in [-0.2, -0.15) is 11.3 Å². The van der Waals surface area contributed by atoms with Gasteiger partial charge in [-0.3, -0.25) is 9.59 Å². The molecule has 0 aliphatic carbocycles. The highest BCUT2D eigenvalue weighted by atomic mass is 32.1. The summed E-state index contributed by atoms with van der Waals surface area (Å²) >= 11 is 3.14. The molecule has 5 nitrogen and oxygen atoms in total. The maximum absolute atomic E-state index is 11.9. The predicted molar refractivity (Wildman–Crippen MR) is 115 cm³/mol. The number of amides is 2. The van der Waals surface area contributed by atoms with Crippen molar-refractivity contribution < 1.29 is 9.59 Å². The van der Waals surface area contributed by atoms with Gasteiger partial charge in [0.1, 0.15) is 0 Å². The Kier molecular flexibility index (Phi) is 7.33. The van der Waals surface area contributed by atoms with Crippen molar-refractivity contribution in [3.8, 4) is 11.3 Å². The average molecular weight is 414 g/mol. The largest absolute Gasteiger partial charge is 0.356 e. The van der Waals surface area contributed by atoms with Crippen LogP contribution in [0.4, 0.5) is 0 Å². The highest BCUT2D eigenvalue weighted by molar-refractivity contribution is 7.09. The fourth-order valence-corrected chi connectivity index (χ4v) is 3.98. The number of aromatic nitrogens is 1. The summed E-state index contributed by atoms with van der Waals surface area (Å²) < 4.78 is 0. The van der Waals surface area contributed by atoms with Crippen molar-refractivity contribution in [3.05, 3.63) is 62.6 Å². The normalized spacial score (nSPS) is 10.6. The number of thiazole rings is 1. The van der Waals surface area contributed by atoms with Crippen molar-refractivity contribution in [3.63, 3.8) is 0 Å². The fraction of sp³-hybridized carbons (Fsp3) is 0.286. The van der Waals surface area contributed by atoms with Crippen molar-refractivity contribution in [2.24, 2.45) is 0 Å². The lowest BCUT2D eigenvalue weighted by molar-refractivity contribution is -0.121. The van der Waals surface area contributed by atoms with Crippen LogP contribution in [0.2, 0.25) is 0 Å². The van der Waals surface area contributed by atoms with Crippen LogP contribution in [0.5, 0.6) is 0 Å².